The van der Waals surface area contributed by atoms with E-state index in [-0.39, 0.29) is 34.9 Å². The van der Waals surface area contributed by atoms with Crippen molar-refractivity contribution in [2.45, 2.75) is 31.6 Å². The highest BCUT2D eigenvalue weighted by Crippen LogP contribution is 2.39. The van der Waals surface area contributed by atoms with Crippen LogP contribution < -0.4 is 0 Å². The Kier molecular flexibility index (Phi) is 4.70. The molecule has 27 heavy (non-hydrogen) atoms. The summed E-state index contributed by atoms with van der Waals surface area (Å²) in [6.07, 6.45) is 5.53. The molecule has 0 radical (unpaired) electrons. The molecule has 4 rings (SSSR count). The van der Waals surface area contributed by atoms with E-state index in [1.54, 1.807) is 12.3 Å². The molecule has 0 spiro atoms. The highest BCUT2D eigenvalue weighted by Gasteiger charge is 2.28. The summed E-state index contributed by atoms with van der Waals surface area (Å²) in [6, 6.07) is 2.53. The first-order valence-electron chi connectivity index (χ1n) is 8.87. The monoisotopic (exact) mass is 372 g/mol. The molecule has 1 fully saturated rings. The molecular formula is C20H18F2N2O3. The lowest BCUT2D eigenvalue weighted by Crippen LogP contribution is -2.12. The van der Waals surface area contributed by atoms with Crippen LogP contribution in [0.3, 0.4) is 0 Å². The third-order valence-electron chi connectivity index (χ3n) is 4.88. The average Bonchev–Trinajstić information content (AvgIpc) is 3.50. The number of hydrogen-bond acceptors (Lipinski definition) is 4. The molecule has 0 saturated heterocycles. The zero-order valence-electron chi connectivity index (χ0n) is 14.5. The van der Waals surface area contributed by atoms with Crippen LogP contribution in [-0.2, 0) is 11.2 Å². The molecular weight excluding hydrogens is 354 g/mol. The Balaban J connectivity index is 1.71. The number of benzene rings is 1. The van der Waals surface area contributed by atoms with E-state index in [1.165, 1.54) is 12.1 Å². The Hall–Kier alpha value is -2.67. The van der Waals surface area contributed by atoms with Gasteiger partial charge in [-0.25, -0.2) is 18.6 Å². The average molecular weight is 372 g/mol. The number of halogens is 2. The number of ether oxygens (including phenoxy) is 1. The van der Waals surface area contributed by atoms with E-state index >= 15 is 4.39 Å². The van der Waals surface area contributed by atoms with Crippen LogP contribution in [0.5, 0.6) is 0 Å². The van der Waals surface area contributed by atoms with Gasteiger partial charge in [0.15, 0.2) is 5.69 Å². The van der Waals surface area contributed by atoms with Gasteiger partial charge >= 0.3 is 5.97 Å². The Labute approximate surface area is 154 Å². The number of aromatic carboxylic acids is 1. The fraction of sp³-hybridized carbons (Fsp3) is 0.350. The summed E-state index contributed by atoms with van der Waals surface area (Å²) in [7, 11) is 0. The predicted octanol–water partition coefficient (Wildman–Crippen LogP) is 3.72. The molecule has 140 valence electrons. The van der Waals surface area contributed by atoms with Crippen LogP contribution in [-0.4, -0.2) is 34.3 Å². The van der Waals surface area contributed by atoms with E-state index in [1.807, 2.05) is 0 Å². The third kappa shape index (κ3) is 3.60. The number of carboxylic acid groups (broad SMARTS) is 1. The highest BCUT2D eigenvalue weighted by molar-refractivity contribution is 5.86. The van der Waals surface area contributed by atoms with Crippen LogP contribution in [0.25, 0.3) is 5.57 Å². The molecule has 7 heteroatoms. The normalized spacial score (nSPS) is 16.9. The minimum atomic E-state index is -1.20. The Morgan fingerprint density at radius 1 is 1.30 bits per heavy atom. The lowest BCUT2D eigenvalue weighted by atomic mass is 9.96. The minimum Gasteiger partial charge on any atom is -0.476 e. The number of hydrogen-bond donors (Lipinski definition) is 1. The second kappa shape index (κ2) is 7.15. The standard InChI is InChI=1S/C20H18F2N2O3/c21-14-4-3-13(18(22)17(14)12-5-7-27-8-6-12)9-15-19(20(25)26)24-16(10-23-15)11-1-2-11/h3-5,10-11H,1-2,6-9H2,(H,25,26). The maximum absolute atomic E-state index is 15.0. The number of nitrogens with zero attached hydrogens (tertiary/aromatic N) is 2. The Morgan fingerprint density at radius 2 is 2.11 bits per heavy atom. The molecule has 1 aromatic heterocycles. The van der Waals surface area contributed by atoms with Gasteiger partial charge < -0.3 is 9.84 Å². The van der Waals surface area contributed by atoms with Gasteiger partial charge in [0.25, 0.3) is 0 Å². The summed E-state index contributed by atoms with van der Waals surface area (Å²) in [4.78, 5) is 20.0. The molecule has 1 saturated carbocycles. The van der Waals surface area contributed by atoms with Crippen LogP contribution in [0.1, 0.15) is 58.2 Å². The summed E-state index contributed by atoms with van der Waals surface area (Å²) >= 11 is 0. The van der Waals surface area contributed by atoms with Gasteiger partial charge in [0.05, 0.1) is 24.6 Å². The van der Waals surface area contributed by atoms with Crippen molar-refractivity contribution >= 4 is 11.5 Å². The maximum Gasteiger partial charge on any atom is 0.356 e. The van der Waals surface area contributed by atoms with Crippen LogP contribution in [0.4, 0.5) is 8.78 Å². The van der Waals surface area contributed by atoms with Crippen molar-refractivity contribution in [3.05, 3.63) is 64.2 Å². The molecule has 0 bridgehead atoms. The second-order valence-corrected chi connectivity index (χ2v) is 6.80. The molecule has 2 aromatic rings. The number of rotatable bonds is 5. The summed E-state index contributed by atoms with van der Waals surface area (Å²) in [5, 5.41) is 9.46. The minimum absolute atomic E-state index is 0.0670. The summed E-state index contributed by atoms with van der Waals surface area (Å²) < 4.78 is 34.5. The lowest BCUT2D eigenvalue weighted by molar-refractivity contribution is 0.0688. The van der Waals surface area contributed by atoms with Gasteiger partial charge in [0.1, 0.15) is 11.6 Å². The van der Waals surface area contributed by atoms with Crippen molar-refractivity contribution in [1.82, 2.24) is 9.97 Å². The van der Waals surface area contributed by atoms with Gasteiger partial charge in [-0.05, 0) is 36.5 Å². The lowest BCUT2D eigenvalue weighted by Gasteiger charge is -2.17. The third-order valence-corrected chi connectivity index (χ3v) is 4.88. The SMILES string of the molecule is O=C(O)c1nc(C2CC2)cnc1Cc1ccc(F)c(C2=CCOCC2)c1F. The molecule has 2 aliphatic rings. The van der Waals surface area contributed by atoms with Crippen LogP contribution in [0, 0.1) is 11.6 Å². The van der Waals surface area contributed by atoms with Gasteiger partial charge in [-0.1, -0.05) is 12.1 Å². The van der Waals surface area contributed by atoms with Gasteiger partial charge in [-0.2, -0.15) is 0 Å². The van der Waals surface area contributed by atoms with Crippen LogP contribution in [0.15, 0.2) is 24.4 Å². The van der Waals surface area contributed by atoms with E-state index in [9.17, 15) is 14.3 Å². The van der Waals surface area contributed by atoms with E-state index in [0.717, 1.165) is 12.8 Å². The van der Waals surface area contributed by atoms with Crippen molar-refractivity contribution in [2.75, 3.05) is 13.2 Å². The molecule has 2 heterocycles. The summed E-state index contributed by atoms with van der Waals surface area (Å²) in [5.74, 6) is -2.26. The zero-order valence-corrected chi connectivity index (χ0v) is 14.5. The highest BCUT2D eigenvalue weighted by atomic mass is 19.1. The van der Waals surface area contributed by atoms with Crippen LogP contribution in [0.2, 0.25) is 0 Å². The largest absolute Gasteiger partial charge is 0.476 e. The smallest absolute Gasteiger partial charge is 0.356 e. The maximum atomic E-state index is 15.0. The Bertz CT molecular complexity index is 939. The predicted molar refractivity (Wildman–Crippen MR) is 93.5 cm³/mol. The van der Waals surface area contributed by atoms with Crippen molar-refractivity contribution < 1.29 is 23.4 Å². The second-order valence-electron chi connectivity index (χ2n) is 6.80. The quantitative estimate of drug-likeness (QED) is 0.866. The fourth-order valence-electron chi connectivity index (χ4n) is 3.27. The molecule has 1 aromatic carbocycles. The molecule has 1 aliphatic heterocycles. The van der Waals surface area contributed by atoms with Gasteiger partial charge in [-0.15, -0.1) is 0 Å². The molecule has 0 unspecified atom stereocenters. The summed E-state index contributed by atoms with van der Waals surface area (Å²) in [5.41, 5.74) is 1.33. The molecule has 5 nitrogen and oxygen atoms in total. The first-order chi connectivity index (χ1) is 13.0. The number of aromatic nitrogens is 2. The van der Waals surface area contributed by atoms with E-state index in [0.29, 0.717) is 30.9 Å². The van der Waals surface area contributed by atoms with E-state index in [4.69, 9.17) is 4.74 Å². The van der Waals surface area contributed by atoms with Gasteiger partial charge in [-0.3, -0.25) is 4.98 Å². The Morgan fingerprint density at radius 3 is 2.78 bits per heavy atom. The van der Waals surface area contributed by atoms with Crippen molar-refractivity contribution in [1.29, 1.82) is 0 Å². The molecule has 1 N–H and O–H groups in total. The zero-order chi connectivity index (χ0) is 19.0. The summed E-state index contributed by atoms with van der Waals surface area (Å²) in [6.45, 7) is 0.724. The van der Waals surface area contributed by atoms with Crippen molar-refractivity contribution in [3.63, 3.8) is 0 Å². The van der Waals surface area contributed by atoms with Gasteiger partial charge in [0.2, 0.25) is 0 Å². The van der Waals surface area contributed by atoms with E-state index in [2.05, 4.69) is 9.97 Å². The fourth-order valence-corrected chi connectivity index (χ4v) is 3.27. The van der Waals surface area contributed by atoms with Crippen molar-refractivity contribution in [2.24, 2.45) is 0 Å². The number of carboxylic acids is 1. The van der Waals surface area contributed by atoms with E-state index < -0.39 is 17.6 Å². The molecule has 1 aliphatic carbocycles. The topological polar surface area (TPSA) is 72.3 Å². The van der Waals surface area contributed by atoms with Gasteiger partial charge in [0, 0.05) is 24.1 Å². The first-order valence-corrected chi connectivity index (χ1v) is 8.87. The molecule has 0 atom stereocenters. The first kappa shape index (κ1) is 17.7. The molecule has 0 amide bonds. The number of carbonyl (C=O) groups is 1. The van der Waals surface area contributed by atoms with Crippen molar-refractivity contribution in [3.8, 4) is 0 Å². The van der Waals surface area contributed by atoms with Crippen LogP contribution >= 0.6 is 0 Å².